The van der Waals surface area contributed by atoms with Gasteiger partial charge in [0.1, 0.15) is 0 Å². The van der Waals surface area contributed by atoms with E-state index < -0.39 is 0 Å². The highest BCUT2D eigenvalue weighted by atomic mass is 35.5. The zero-order valence-electron chi connectivity index (χ0n) is 10.3. The van der Waals surface area contributed by atoms with Crippen molar-refractivity contribution < 1.29 is 4.79 Å². The number of rotatable bonds is 3. The average molecular weight is 280 g/mol. The summed E-state index contributed by atoms with van der Waals surface area (Å²) in [5, 5.41) is 2.86. The Morgan fingerprint density at radius 1 is 1.22 bits per heavy atom. The van der Waals surface area contributed by atoms with Crippen molar-refractivity contribution in [2.24, 2.45) is 0 Å². The molecule has 1 amide bonds. The predicted octanol–water partition coefficient (Wildman–Crippen LogP) is 3.67. The van der Waals surface area contributed by atoms with Gasteiger partial charge in [-0.1, -0.05) is 35.9 Å². The van der Waals surface area contributed by atoms with E-state index >= 15 is 0 Å². The van der Waals surface area contributed by atoms with Gasteiger partial charge in [0.2, 0.25) is 5.91 Å². The molecule has 0 heterocycles. The van der Waals surface area contributed by atoms with E-state index in [-0.39, 0.29) is 5.91 Å². The Morgan fingerprint density at radius 2 is 1.89 bits per heavy atom. The van der Waals surface area contributed by atoms with Crippen LogP contribution in [0.15, 0.2) is 41.3 Å². The third kappa shape index (κ3) is 2.79. The van der Waals surface area contributed by atoms with Crippen molar-refractivity contribution in [2.75, 3.05) is 19.8 Å². The SMILES string of the molecule is CN(C)C(=O)CSc1cccc2cccc(Cl)c12. The number of nitrogens with zero attached hydrogens (tertiary/aromatic N) is 1. The van der Waals surface area contributed by atoms with E-state index in [1.165, 1.54) is 11.8 Å². The summed E-state index contributed by atoms with van der Waals surface area (Å²) in [6.45, 7) is 0. The molecular weight excluding hydrogens is 266 g/mol. The lowest BCUT2D eigenvalue weighted by atomic mass is 10.1. The number of carbonyl (C=O) groups is 1. The molecule has 0 saturated carbocycles. The molecule has 0 atom stereocenters. The summed E-state index contributed by atoms with van der Waals surface area (Å²) in [4.78, 5) is 14.3. The first-order valence-corrected chi connectivity index (χ1v) is 6.96. The number of fused-ring (bicyclic) bond motifs is 1. The largest absolute Gasteiger partial charge is 0.348 e. The molecule has 4 heteroatoms. The van der Waals surface area contributed by atoms with Gasteiger partial charge in [-0.25, -0.2) is 0 Å². The summed E-state index contributed by atoms with van der Waals surface area (Å²) in [5.41, 5.74) is 0. The number of hydrogen-bond acceptors (Lipinski definition) is 2. The van der Waals surface area contributed by atoms with Crippen molar-refractivity contribution in [3.05, 3.63) is 41.4 Å². The number of halogens is 1. The van der Waals surface area contributed by atoms with Gasteiger partial charge in [-0.05, 0) is 17.5 Å². The minimum Gasteiger partial charge on any atom is -0.348 e. The van der Waals surface area contributed by atoms with Gasteiger partial charge in [-0.2, -0.15) is 0 Å². The zero-order chi connectivity index (χ0) is 13.1. The molecule has 0 N–H and O–H groups in total. The fourth-order valence-electron chi connectivity index (χ4n) is 1.65. The van der Waals surface area contributed by atoms with Crippen LogP contribution in [0.4, 0.5) is 0 Å². The van der Waals surface area contributed by atoms with Gasteiger partial charge in [0.05, 0.1) is 5.75 Å². The van der Waals surface area contributed by atoms with E-state index in [0.29, 0.717) is 5.75 Å². The molecule has 0 radical (unpaired) electrons. The molecule has 0 aromatic heterocycles. The fourth-order valence-corrected chi connectivity index (χ4v) is 3.07. The van der Waals surface area contributed by atoms with Crippen LogP contribution in [0, 0.1) is 0 Å². The van der Waals surface area contributed by atoms with Gasteiger partial charge < -0.3 is 4.90 Å². The van der Waals surface area contributed by atoms with Crippen molar-refractivity contribution in [2.45, 2.75) is 4.90 Å². The van der Waals surface area contributed by atoms with Crippen LogP contribution in [0.3, 0.4) is 0 Å². The lowest BCUT2D eigenvalue weighted by molar-refractivity contribution is -0.125. The molecule has 2 aromatic carbocycles. The first-order valence-electron chi connectivity index (χ1n) is 5.60. The molecule has 18 heavy (non-hydrogen) atoms. The van der Waals surface area contributed by atoms with Crippen LogP contribution in [0.2, 0.25) is 5.02 Å². The second-order valence-corrected chi connectivity index (χ2v) is 5.60. The minimum atomic E-state index is 0.101. The lowest BCUT2D eigenvalue weighted by Crippen LogP contribution is -2.23. The van der Waals surface area contributed by atoms with Gasteiger partial charge in [0, 0.05) is 29.4 Å². The number of carbonyl (C=O) groups excluding carboxylic acids is 1. The summed E-state index contributed by atoms with van der Waals surface area (Å²) in [5.74, 6) is 0.529. The van der Waals surface area contributed by atoms with E-state index in [9.17, 15) is 4.79 Å². The molecule has 0 aliphatic rings. The smallest absolute Gasteiger partial charge is 0.232 e. The molecule has 0 saturated heterocycles. The number of thioether (sulfide) groups is 1. The van der Waals surface area contributed by atoms with Crippen molar-refractivity contribution in [1.29, 1.82) is 0 Å². The fraction of sp³-hybridized carbons (Fsp3) is 0.214. The van der Waals surface area contributed by atoms with E-state index in [1.807, 2.05) is 36.4 Å². The van der Waals surface area contributed by atoms with E-state index in [4.69, 9.17) is 11.6 Å². The predicted molar refractivity (Wildman–Crippen MR) is 78.4 cm³/mol. The zero-order valence-corrected chi connectivity index (χ0v) is 11.9. The van der Waals surface area contributed by atoms with E-state index in [1.54, 1.807) is 19.0 Å². The Bertz CT molecular complexity index is 578. The van der Waals surface area contributed by atoms with Crippen molar-refractivity contribution >= 4 is 40.0 Å². The summed E-state index contributed by atoms with van der Waals surface area (Å²) < 4.78 is 0. The second kappa shape index (κ2) is 5.63. The highest BCUT2D eigenvalue weighted by Crippen LogP contribution is 2.33. The first-order chi connectivity index (χ1) is 8.59. The molecule has 2 rings (SSSR count). The molecule has 0 aliphatic carbocycles. The van der Waals surface area contributed by atoms with Crippen molar-refractivity contribution in [3.8, 4) is 0 Å². The summed E-state index contributed by atoms with van der Waals surface area (Å²) >= 11 is 7.76. The van der Waals surface area contributed by atoms with Crippen molar-refractivity contribution in [1.82, 2.24) is 4.90 Å². The Kier molecular flexibility index (Phi) is 4.15. The number of hydrogen-bond donors (Lipinski definition) is 0. The maximum atomic E-state index is 11.6. The lowest BCUT2D eigenvalue weighted by Gasteiger charge is -2.11. The molecule has 0 aliphatic heterocycles. The average Bonchev–Trinajstić information content (AvgIpc) is 2.36. The second-order valence-electron chi connectivity index (χ2n) is 4.17. The highest BCUT2D eigenvalue weighted by molar-refractivity contribution is 8.00. The van der Waals surface area contributed by atoms with Crippen LogP contribution in [0.25, 0.3) is 10.8 Å². The van der Waals surface area contributed by atoms with Crippen molar-refractivity contribution in [3.63, 3.8) is 0 Å². The molecule has 0 fully saturated rings. The highest BCUT2D eigenvalue weighted by Gasteiger charge is 2.09. The van der Waals surface area contributed by atoms with Crippen LogP contribution in [0.5, 0.6) is 0 Å². The molecule has 0 bridgehead atoms. The third-order valence-corrected chi connectivity index (χ3v) is 4.02. The van der Waals surface area contributed by atoms with Gasteiger partial charge >= 0.3 is 0 Å². The Balaban J connectivity index is 2.31. The monoisotopic (exact) mass is 279 g/mol. The van der Waals surface area contributed by atoms with Gasteiger partial charge in [0.25, 0.3) is 0 Å². The van der Waals surface area contributed by atoms with Crippen LogP contribution in [0.1, 0.15) is 0 Å². The quantitative estimate of drug-likeness (QED) is 0.799. The number of amides is 1. The topological polar surface area (TPSA) is 20.3 Å². The molecule has 0 spiro atoms. The van der Waals surface area contributed by atoms with Gasteiger partial charge in [-0.15, -0.1) is 11.8 Å². The summed E-state index contributed by atoms with van der Waals surface area (Å²) in [7, 11) is 3.53. The maximum Gasteiger partial charge on any atom is 0.232 e. The Labute approximate surface area is 116 Å². The maximum absolute atomic E-state index is 11.6. The standard InChI is InChI=1S/C14H14ClNOS/c1-16(2)13(17)9-18-12-8-4-6-10-5-3-7-11(15)14(10)12/h3-8H,9H2,1-2H3. The van der Waals surface area contributed by atoms with Gasteiger partial charge in [-0.3, -0.25) is 4.79 Å². The molecule has 0 unspecified atom stereocenters. The Morgan fingerprint density at radius 3 is 2.56 bits per heavy atom. The molecular formula is C14H14ClNOS. The normalized spacial score (nSPS) is 10.6. The minimum absolute atomic E-state index is 0.101. The third-order valence-electron chi connectivity index (χ3n) is 2.67. The number of benzene rings is 2. The first kappa shape index (κ1) is 13.2. The Hall–Kier alpha value is -1.19. The summed E-state index contributed by atoms with van der Waals surface area (Å²) in [6.07, 6.45) is 0. The molecule has 2 nitrogen and oxygen atoms in total. The van der Waals surface area contributed by atoms with E-state index in [0.717, 1.165) is 20.7 Å². The molecule has 2 aromatic rings. The van der Waals surface area contributed by atoms with Gasteiger partial charge in [0.15, 0.2) is 0 Å². The van der Waals surface area contributed by atoms with Crippen LogP contribution >= 0.6 is 23.4 Å². The van der Waals surface area contributed by atoms with Crippen LogP contribution in [-0.2, 0) is 4.79 Å². The summed E-state index contributed by atoms with van der Waals surface area (Å²) in [6, 6.07) is 11.9. The van der Waals surface area contributed by atoms with Crippen LogP contribution < -0.4 is 0 Å². The molecule has 94 valence electrons. The van der Waals surface area contributed by atoms with Crippen LogP contribution in [-0.4, -0.2) is 30.7 Å². The van der Waals surface area contributed by atoms with E-state index in [2.05, 4.69) is 0 Å².